The average Bonchev–Trinajstić information content (AvgIpc) is 2.04. The van der Waals surface area contributed by atoms with E-state index in [9.17, 15) is 0 Å². The quantitative estimate of drug-likeness (QED) is 0.557. The third kappa shape index (κ3) is 1.48. The van der Waals surface area contributed by atoms with E-state index < -0.39 is 0 Å². The summed E-state index contributed by atoms with van der Waals surface area (Å²) in [6.07, 6.45) is 5.60. The number of thiocarbonyl (C=S) groups is 1. The zero-order chi connectivity index (χ0) is 7.68. The lowest BCUT2D eigenvalue weighted by molar-refractivity contribution is 0.0604. The molecule has 3 heteroatoms. The van der Waals surface area contributed by atoms with Crippen LogP contribution in [0, 0.1) is 5.92 Å². The van der Waals surface area contributed by atoms with Crippen LogP contribution in [0.2, 0.25) is 0 Å². The van der Waals surface area contributed by atoms with Gasteiger partial charge in [0.15, 0.2) is 0 Å². The van der Waals surface area contributed by atoms with E-state index in [1.807, 2.05) is 0 Å². The van der Waals surface area contributed by atoms with Gasteiger partial charge >= 0.3 is 0 Å². The lowest BCUT2D eigenvalue weighted by Crippen LogP contribution is -2.46. The first kappa shape index (κ1) is 7.35. The van der Waals surface area contributed by atoms with Crippen LogP contribution in [0.4, 0.5) is 0 Å². The summed E-state index contributed by atoms with van der Waals surface area (Å²) in [5.74, 6) is 0.718. The molecule has 2 nitrogen and oxygen atoms in total. The number of ether oxygens (including phenoxy) is 1. The van der Waals surface area contributed by atoms with Gasteiger partial charge in [0, 0.05) is 12.5 Å². The van der Waals surface area contributed by atoms with Crippen LogP contribution in [-0.4, -0.2) is 17.8 Å². The van der Waals surface area contributed by atoms with Crippen LogP contribution in [0.5, 0.6) is 0 Å². The van der Waals surface area contributed by atoms with Crippen molar-refractivity contribution >= 4 is 17.4 Å². The Morgan fingerprint density at radius 1 is 1.36 bits per heavy atom. The second kappa shape index (κ2) is 2.97. The topological polar surface area (TPSA) is 21.3 Å². The van der Waals surface area contributed by atoms with Crippen molar-refractivity contribution in [3.63, 3.8) is 0 Å². The minimum Gasteiger partial charge on any atom is -0.467 e. The third-order valence-electron chi connectivity index (χ3n) is 2.61. The van der Waals surface area contributed by atoms with Crippen molar-refractivity contribution in [1.82, 2.24) is 5.32 Å². The summed E-state index contributed by atoms with van der Waals surface area (Å²) in [4.78, 5) is 0. The van der Waals surface area contributed by atoms with Crippen molar-refractivity contribution in [3.8, 4) is 0 Å². The molecule has 2 atom stereocenters. The van der Waals surface area contributed by atoms with Gasteiger partial charge in [0.2, 0.25) is 0 Å². The van der Waals surface area contributed by atoms with Crippen LogP contribution < -0.4 is 5.32 Å². The summed E-state index contributed by atoms with van der Waals surface area (Å²) in [5.41, 5.74) is 0. The van der Waals surface area contributed by atoms with Crippen molar-refractivity contribution in [3.05, 3.63) is 0 Å². The zero-order valence-corrected chi connectivity index (χ0v) is 7.32. The second-order valence-corrected chi connectivity index (χ2v) is 3.74. The molecular weight excluding hydrogens is 158 g/mol. The van der Waals surface area contributed by atoms with Crippen molar-refractivity contribution in [1.29, 1.82) is 0 Å². The highest BCUT2D eigenvalue weighted by atomic mass is 32.1. The van der Waals surface area contributed by atoms with Gasteiger partial charge < -0.3 is 10.1 Å². The Balaban J connectivity index is 1.98. The Hall–Kier alpha value is -0.310. The van der Waals surface area contributed by atoms with Crippen LogP contribution >= 0.6 is 12.2 Å². The molecule has 1 aliphatic heterocycles. The Labute approximate surface area is 72.3 Å². The molecule has 1 heterocycles. The number of hydrogen-bond acceptors (Lipinski definition) is 2. The summed E-state index contributed by atoms with van der Waals surface area (Å²) >= 11 is 4.94. The van der Waals surface area contributed by atoms with Crippen molar-refractivity contribution in [2.24, 2.45) is 5.92 Å². The molecule has 0 amide bonds. The first-order valence-corrected chi connectivity index (χ1v) is 4.71. The predicted octanol–water partition coefficient (Wildman–Crippen LogP) is 1.45. The van der Waals surface area contributed by atoms with Gasteiger partial charge in [0.1, 0.15) is 6.10 Å². The molecule has 0 aromatic rings. The molecule has 11 heavy (non-hydrogen) atoms. The van der Waals surface area contributed by atoms with Crippen LogP contribution in [-0.2, 0) is 4.74 Å². The molecule has 2 aliphatic rings. The van der Waals surface area contributed by atoms with E-state index in [4.69, 9.17) is 17.0 Å². The molecule has 62 valence electrons. The molecule has 1 saturated carbocycles. The molecule has 0 unspecified atom stereocenters. The Bertz CT molecular complexity index is 171. The molecule has 0 radical (unpaired) electrons. The first-order valence-electron chi connectivity index (χ1n) is 4.31. The van der Waals surface area contributed by atoms with Gasteiger partial charge in [-0.2, -0.15) is 0 Å². The van der Waals surface area contributed by atoms with Crippen molar-refractivity contribution in [2.75, 3.05) is 6.54 Å². The van der Waals surface area contributed by atoms with E-state index in [1.54, 1.807) is 0 Å². The maximum Gasteiger partial charge on any atom is 0.256 e. The van der Waals surface area contributed by atoms with Crippen molar-refractivity contribution < 1.29 is 4.74 Å². The van der Waals surface area contributed by atoms with E-state index in [2.05, 4.69) is 5.32 Å². The zero-order valence-electron chi connectivity index (χ0n) is 6.51. The van der Waals surface area contributed by atoms with Gasteiger partial charge in [0.05, 0.1) is 0 Å². The summed E-state index contributed by atoms with van der Waals surface area (Å²) in [6, 6.07) is 0. The minimum atomic E-state index is 0.428. The van der Waals surface area contributed by atoms with Gasteiger partial charge in [-0.1, -0.05) is 6.42 Å². The monoisotopic (exact) mass is 171 g/mol. The van der Waals surface area contributed by atoms with Crippen LogP contribution in [0.15, 0.2) is 0 Å². The second-order valence-electron chi connectivity index (χ2n) is 3.37. The summed E-state index contributed by atoms with van der Waals surface area (Å²) in [7, 11) is 0. The van der Waals surface area contributed by atoms with E-state index >= 15 is 0 Å². The minimum absolute atomic E-state index is 0.428. The van der Waals surface area contributed by atoms with Gasteiger partial charge in [-0.05, 0) is 31.5 Å². The largest absolute Gasteiger partial charge is 0.467 e. The van der Waals surface area contributed by atoms with Crippen LogP contribution in [0.1, 0.15) is 25.7 Å². The standard InChI is InChI=1S/C8H13NOS/c11-8-9-5-6-3-1-2-4-7(6)10-8/h6-7H,1-5H2,(H,9,11)/t6-,7+/m1/s1. The SMILES string of the molecule is S=C1NC[C@H]2CCCC[C@@H]2O1. The van der Waals surface area contributed by atoms with Crippen molar-refractivity contribution in [2.45, 2.75) is 31.8 Å². The number of nitrogens with one attached hydrogen (secondary N) is 1. The number of fused-ring (bicyclic) bond motifs is 1. The molecule has 0 spiro atoms. The Morgan fingerprint density at radius 2 is 2.18 bits per heavy atom. The Morgan fingerprint density at radius 3 is 3.09 bits per heavy atom. The number of hydrogen-bond donors (Lipinski definition) is 1. The Kier molecular flexibility index (Phi) is 1.98. The summed E-state index contributed by atoms with van der Waals surface area (Å²) < 4.78 is 5.51. The predicted molar refractivity (Wildman–Crippen MR) is 47.4 cm³/mol. The fourth-order valence-corrected chi connectivity index (χ4v) is 2.16. The van der Waals surface area contributed by atoms with Crippen LogP contribution in [0.25, 0.3) is 0 Å². The molecule has 1 N–H and O–H groups in total. The van der Waals surface area contributed by atoms with Gasteiger partial charge in [-0.25, -0.2) is 0 Å². The molecule has 0 bridgehead atoms. The normalized spacial score (nSPS) is 36.9. The fourth-order valence-electron chi connectivity index (χ4n) is 1.96. The highest BCUT2D eigenvalue weighted by Crippen LogP contribution is 2.28. The van der Waals surface area contributed by atoms with Crippen LogP contribution in [0.3, 0.4) is 0 Å². The molecule has 1 aliphatic carbocycles. The van der Waals surface area contributed by atoms with E-state index in [-0.39, 0.29) is 0 Å². The van der Waals surface area contributed by atoms with Gasteiger partial charge in [-0.3, -0.25) is 0 Å². The first-order chi connectivity index (χ1) is 5.36. The van der Waals surface area contributed by atoms with Gasteiger partial charge in [0.25, 0.3) is 5.17 Å². The maximum absolute atomic E-state index is 5.51. The smallest absolute Gasteiger partial charge is 0.256 e. The maximum atomic E-state index is 5.51. The lowest BCUT2D eigenvalue weighted by Gasteiger charge is -2.36. The van der Waals surface area contributed by atoms with E-state index in [0.717, 1.165) is 12.5 Å². The van der Waals surface area contributed by atoms with E-state index in [1.165, 1.54) is 25.7 Å². The molecule has 0 aromatic heterocycles. The summed E-state index contributed by atoms with van der Waals surface area (Å²) in [5, 5.41) is 3.70. The van der Waals surface area contributed by atoms with Gasteiger partial charge in [-0.15, -0.1) is 0 Å². The lowest BCUT2D eigenvalue weighted by atomic mass is 9.86. The molecule has 2 rings (SSSR count). The average molecular weight is 171 g/mol. The fraction of sp³-hybridized carbons (Fsp3) is 0.875. The third-order valence-corrected chi connectivity index (χ3v) is 2.85. The number of rotatable bonds is 0. The molecule has 2 fully saturated rings. The summed E-state index contributed by atoms with van der Waals surface area (Å²) in [6.45, 7) is 1.03. The molecule has 1 saturated heterocycles. The van der Waals surface area contributed by atoms with E-state index in [0.29, 0.717) is 11.3 Å². The molecule has 0 aromatic carbocycles. The highest BCUT2D eigenvalue weighted by Gasteiger charge is 2.30. The molecular formula is C8H13NOS. The highest BCUT2D eigenvalue weighted by molar-refractivity contribution is 7.80.